The van der Waals surface area contributed by atoms with Crippen molar-refractivity contribution in [3.05, 3.63) is 59.4 Å². The first-order chi connectivity index (χ1) is 9.60. The monoisotopic (exact) mass is 276 g/mol. The lowest BCUT2D eigenvalue weighted by molar-refractivity contribution is 0.0692. The van der Waals surface area contributed by atoms with Crippen molar-refractivity contribution in [1.29, 1.82) is 0 Å². The Labute approximate surface area is 115 Å². The fraction of sp³-hybridized carbons (Fsp3) is 0.133. The molecule has 0 aromatic heterocycles. The highest BCUT2D eigenvalue weighted by Crippen LogP contribution is 2.24. The first kappa shape index (κ1) is 13.9. The number of carboxylic acid groups (broad SMARTS) is 1. The molecule has 0 saturated heterocycles. The molecule has 0 fully saturated rings. The Hall–Kier alpha value is -2.56. The van der Waals surface area contributed by atoms with Gasteiger partial charge in [0, 0.05) is 0 Å². The van der Waals surface area contributed by atoms with Crippen LogP contribution >= 0.6 is 0 Å². The summed E-state index contributed by atoms with van der Waals surface area (Å²) in [7, 11) is 1.40. The molecule has 0 radical (unpaired) electrons. The Kier molecular flexibility index (Phi) is 4.20. The van der Waals surface area contributed by atoms with Crippen molar-refractivity contribution in [1.82, 2.24) is 0 Å². The van der Waals surface area contributed by atoms with Crippen LogP contribution in [0.1, 0.15) is 15.9 Å². The van der Waals surface area contributed by atoms with Gasteiger partial charge >= 0.3 is 5.97 Å². The van der Waals surface area contributed by atoms with Gasteiger partial charge in [-0.15, -0.1) is 0 Å². The Morgan fingerprint density at radius 2 is 1.90 bits per heavy atom. The van der Waals surface area contributed by atoms with E-state index in [2.05, 4.69) is 0 Å². The second-order valence-corrected chi connectivity index (χ2v) is 4.08. The molecule has 5 heteroatoms. The van der Waals surface area contributed by atoms with E-state index >= 15 is 0 Å². The standard InChI is InChI=1S/C15H13FO4/c1-19-14-7-6-12(8-13(14)15(17)18)20-9-10-2-4-11(16)5-3-10/h2-8H,9H2,1H3,(H,17,18). The normalized spacial score (nSPS) is 10.1. The number of methoxy groups -OCH3 is 1. The van der Waals surface area contributed by atoms with Gasteiger partial charge in [0.2, 0.25) is 0 Å². The maximum atomic E-state index is 12.8. The van der Waals surface area contributed by atoms with E-state index in [1.807, 2.05) is 0 Å². The minimum absolute atomic E-state index is 0.0316. The highest BCUT2D eigenvalue weighted by molar-refractivity contribution is 5.91. The predicted molar refractivity (Wildman–Crippen MR) is 70.7 cm³/mol. The number of rotatable bonds is 5. The molecule has 2 aromatic carbocycles. The quantitative estimate of drug-likeness (QED) is 0.911. The number of ether oxygens (including phenoxy) is 2. The molecule has 0 bridgehead atoms. The fourth-order valence-corrected chi connectivity index (χ4v) is 1.69. The van der Waals surface area contributed by atoms with Gasteiger partial charge in [-0.2, -0.15) is 0 Å². The summed E-state index contributed by atoms with van der Waals surface area (Å²) in [6, 6.07) is 10.4. The van der Waals surface area contributed by atoms with Crippen LogP contribution in [0.2, 0.25) is 0 Å². The Morgan fingerprint density at radius 1 is 1.20 bits per heavy atom. The van der Waals surface area contributed by atoms with Crippen molar-refractivity contribution in [2.24, 2.45) is 0 Å². The predicted octanol–water partition coefficient (Wildman–Crippen LogP) is 3.11. The molecule has 20 heavy (non-hydrogen) atoms. The van der Waals surface area contributed by atoms with E-state index < -0.39 is 5.97 Å². The van der Waals surface area contributed by atoms with Crippen LogP contribution < -0.4 is 9.47 Å². The van der Waals surface area contributed by atoms with Crippen LogP contribution in [0.25, 0.3) is 0 Å². The summed E-state index contributed by atoms with van der Waals surface area (Å²) in [6.07, 6.45) is 0. The molecule has 1 N–H and O–H groups in total. The minimum atomic E-state index is -1.09. The average Bonchev–Trinajstić information content (AvgIpc) is 2.46. The van der Waals surface area contributed by atoms with Crippen molar-refractivity contribution in [2.45, 2.75) is 6.61 Å². The Balaban J connectivity index is 2.11. The third-order valence-electron chi connectivity index (χ3n) is 2.72. The summed E-state index contributed by atoms with van der Waals surface area (Å²) >= 11 is 0. The van der Waals surface area contributed by atoms with Crippen molar-refractivity contribution in [3.8, 4) is 11.5 Å². The number of carboxylic acids is 1. The number of halogens is 1. The molecule has 2 aromatic rings. The third kappa shape index (κ3) is 3.26. The summed E-state index contributed by atoms with van der Waals surface area (Å²) in [4.78, 5) is 11.1. The van der Waals surface area contributed by atoms with Gasteiger partial charge in [-0.05, 0) is 35.9 Å². The van der Waals surface area contributed by atoms with E-state index in [0.29, 0.717) is 5.75 Å². The highest BCUT2D eigenvalue weighted by Gasteiger charge is 2.12. The first-order valence-electron chi connectivity index (χ1n) is 5.88. The zero-order chi connectivity index (χ0) is 14.5. The molecular formula is C15H13FO4. The molecule has 104 valence electrons. The second kappa shape index (κ2) is 6.06. The van der Waals surface area contributed by atoms with Gasteiger partial charge in [0.05, 0.1) is 7.11 Å². The van der Waals surface area contributed by atoms with E-state index in [-0.39, 0.29) is 23.7 Å². The lowest BCUT2D eigenvalue weighted by atomic mass is 10.2. The van der Waals surface area contributed by atoms with Crippen LogP contribution in [-0.2, 0) is 6.61 Å². The van der Waals surface area contributed by atoms with Crippen LogP contribution in [0.3, 0.4) is 0 Å². The number of hydrogen-bond donors (Lipinski definition) is 1. The smallest absolute Gasteiger partial charge is 0.339 e. The van der Waals surface area contributed by atoms with Crippen LogP contribution in [0.15, 0.2) is 42.5 Å². The number of aromatic carboxylic acids is 1. The van der Waals surface area contributed by atoms with Gasteiger partial charge in [0.15, 0.2) is 0 Å². The van der Waals surface area contributed by atoms with Gasteiger partial charge in [-0.3, -0.25) is 0 Å². The molecule has 0 aliphatic rings. The van der Waals surface area contributed by atoms with Crippen molar-refractivity contribution >= 4 is 5.97 Å². The fourth-order valence-electron chi connectivity index (χ4n) is 1.69. The second-order valence-electron chi connectivity index (χ2n) is 4.08. The maximum Gasteiger partial charge on any atom is 0.339 e. The molecular weight excluding hydrogens is 263 g/mol. The summed E-state index contributed by atoms with van der Waals surface area (Å²) < 4.78 is 23.2. The summed E-state index contributed by atoms with van der Waals surface area (Å²) in [5.74, 6) is -0.723. The van der Waals surface area contributed by atoms with E-state index in [0.717, 1.165) is 5.56 Å². The highest BCUT2D eigenvalue weighted by atomic mass is 19.1. The molecule has 0 unspecified atom stereocenters. The van der Waals surface area contributed by atoms with Gasteiger partial charge in [-0.25, -0.2) is 9.18 Å². The van der Waals surface area contributed by atoms with Crippen LogP contribution in [0.4, 0.5) is 4.39 Å². The molecule has 4 nitrogen and oxygen atoms in total. The van der Waals surface area contributed by atoms with Gasteiger partial charge in [0.25, 0.3) is 0 Å². The number of hydrogen-bond acceptors (Lipinski definition) is 3. The lowest BCUT2D eigenvalue weighted by Gasteiger charge is -2.09. The minimum Gasteiger partial charge on any atom is -0.496 e. The maximum absolute atomic E-state index is 12.8. The summed E-state index contributed by atoms with van der Waals surface area (Å²) in [5.41, 5.74) is 0.822. The Bertz CT molecular complexity index is 608. The van der Waals surface area contributed by atoms with Gasteiger partial charge < -0.3 is 14.6 Å². The van der Waals surface area contributed by atoms with Crippen molar-refractivity contribution in [3.63, 3.8) is 0 Å². The molecule has 0 aliphatic carbocycles. The third-order valence-corrected chi connectivity index (χ3v) is 2.72. The van der Waals surface area contributed by atoms with Crippen LogP contribution in [0, 0.1) is 5.82 Å². The lowest BCUT2D eigenvalue weighted by Crippen LogP contribution is -2.02. The molecule has 0 atom stereocenters. The molecule has 0 aliphatic heterocycles. The number of carbonyl (C=O) groups is 1. The zero-order valence-corrected chi connectivity index (χ0v) is 10.8. The van der Waals surface area contributed by atoms with Gasteiger partial charge in [-0.1, -0.05) is 12.1 Å². The molecule has 0 amide bonds. The zero-order valence-electron chi connectivity index (χ0n) is 10.8. The van der Waals surface area contributed by atoms with Crippen LogP contribution in [-0.4, -0.2) is 18.2 Å². The first-order valence-corrected chi connectivity index (χ1v) is 5.88. The Morgan fingerprint density at radius 3 is 2.50 bits per heavy atom. The largest absolute Gasteiger partial charge is 0.496 e. The van der Waals surface area contributed by atoms with Gasteiger partial charge in [0.1, 0.15) is 29.5 Å². The van der Waals surface area contributed by atoms with Crippen molar-refractivity contribution in [2.75, 3.05) is 7.11 Å². The topological polar surface area (TPSA) is 55.8 Å². The molecule has 0 spiro atoms. The van der Waals surface area contributed by atoms with E-state index in [4.69, 9.17) is 14.6 Å². The number of benzene rings is 2. The summed E-state index contributed by atoms with van der Waals surface area (Å²) in [5, 5.41) is 9.06. The van der Waals surface area contributed by atoms with Crippen LogP contribution in [0.5, 0.6) is 11.5 Å². The SMILES string of the molecule is COc1ccc(OCc2ccc(F)cc2)cc1C(=O)O. The molecule has 0 heterocycles. The van der Waals surface area contributed by atoms with E-state index in [9.17, 15) is 9.18 Å². The average molecular weight is 276 g/mol. The summed E-state index contributed by atoms with van der Waals surface area (Å²) in [6.45, 7) is 0.228. The van der Waals surface area contributed by atoms with E-state index in [1.54, 1.807) is 18.2 Å². The molecule has 2 rings (SSSR count). The van der Waals surface area contributed by atoms with E-state index in [1.165, 1.54) is 31.4 Å². The molecule has 0 saturated carbocycles. The van der Waals surface area contributed by atoms with Crippen molar-refractivity contribution < 1.29 is 23.8 Å².